The van der Waals surface area contributed by atoms with E-state index in [1.807, 2.05) is 25.2 Å². The van der Waals surface area contributed by atoms with Gasteiger partial charge in [0, 0.05) is 38.1 Å². The molecule has 1 aromatic heterocycles. The van der Waals surface area contributed by atoms with Crippen LogP contribution in [0.15, 0.2) is 41.4 Å². The van der Waals surface area contributed by atoms with Crippen molar-refractivity contribution in [3.05, 3.63) is 47.7 Å². The number of nitrogens with zero attached hydrogens (tertiary/aromatic N) is 3. The maximum absolute atomic E-state index is 12.7. The molecule has 0 amide bonds. The van der Waals surface area contributed by atoms with Gasteiger partial charge in [-0.15, -0.1) is 0 Å². The third kappa shape index (κ3) is 4.00. The second-order valence-corrected chi connectivity index (χ2v) is 8.45. The molecule has 25 heavy (non-hydrogen) atoms. The number of anilines is 2. The van der Waals surface area contributed by atoms with Crippen LogP contribution in [-0.4, -0.2) is 55.8 Å². The summed E-state index contributed by atoms with van der Waals surface area (Å²) in [5.41, 5.74) is 3.36. The highest BCUT2D eigenvalue weighted by Crippen LogP contribution is 2.21. The van der Waals surface area contributed by atoms with Crippen LogP contribution in [0, 0.1) is 13.8 Å². The lowest BCUT2D eigenvalue weighted by Gasteiger charge is -2.31. The number of sulfonamides is 1. The zero-order valence-corrected chi connectivity index (χ0v) is 15.7. The predicted molar refractivity (Wildman–Crippen MR) is 99.7 cm³/mol. The number of hydrogen-bond acceptors (Lipinski definition) is 5. The molecule has 0 unspecified atom stereocenters. The molecule has 0 saturated carbocycles. The average molecular weight is 360 g/mol. The van der Waals surface area contributed by atoms with Gasteiger partial charge in [0.2, 0.25) is 10.0 Å². The smallest absolute Gasteiger partial charge is 0.244 e. The standard InChI is InChI=1S/C18H24N4O2S/c1-14-4-5-16(12-15(14)2)20-18-7-6-17(13-19-18)25(23,24)22-10-8-21(3)9-11-22/h4-7,12-13H,8-11H2,1-3H3,(H,19,20). The molecule has 0 spiro atoms. The van der Waals surface area contributed by atoms with E-state index >= 15 is 0 Å². The van der Waals surface area contributed by atoms with Gasteiger partial charge in [-0.05, 0) is 56.3 Å². The van der Waals surface area contributed by atoms with E-state index in [2.05, 4.69) is 29.0 Å². The molecule has 1 fully saturated rings. The molecule has 0 radical (unpaired) electrons. The van der Waals surface area contributed by atoms with Crippen molar-refractivity contribution in [2.24, 2.45) is 0 Å². The summed E-state index contributed by atoms with van der Waals surface area (Å²) < 4.78 is 26.9. The molecule has 1 N–H and O–H groups in total. The second kappa shape index (κ2) is 7.11. The first kappa shape index (κ1) is 17.8. The average Bonchev–Trinajstić information content (AvgIpc) is 2.59. The summed E-state index contributed by atoms with van der Waals surface area (Å²) in [6, 6.07) is 9.40. The lowest BCUT2D eigenvalue weighted by Crippen LogP contribution is -2.47. The summed E-state index contributed by atoms with van der Waals surface area (Å²) in [5.74, 6) is 0.626. The number of piperazine rings is 1. The van der Waals surface area contributed by atoms with Gasteiger partial charge < -0.3 is 10.2 Å². The highest BCUT2D eigenvalue weighted by atomic mass is 32.2. The molecular formula is C18H24N4O2S. The maximum Gasteiger partial charge on any atom is 0.244 e. The summed E-state index contributed by atoms with van der Waals surface area (Å²) in [5, 5.41) is 3.21. The van der Waals surface area contributed by atoms with Crippen molar-refractivity contribution in [3.63, 3.8) is 0 Å². The van der Waals surface area contributed by atoms with E-state index in [4.69, 9.17) is 0 Å². The minimum Gasteiger partial charge on any atom is -0.340 e. The van der Waals surface area contributed by atoms with Gasteiger partial charge in [-0.2, -0.15) is 4.31 Å². The van der Waals surface area contributed by atoms with Crippen LogP contribution in [0.3, 0.4) is 0 Å². The quantitative estimate of drug-likeness (QED) is 0.907. The van der Waals surface area contributed by atoms with Crippen molar-refractivity contribution in [2.75, 3.05) is 38.5 Å². The Kier molecular flexibility index (Phi) is 5.08. The highest BCUT2D eigenvalue weighted by Gasteiger charge is 2.27. The van der Waals surface area contributed by atoms with Gasteiger partial charge in [0.15, 0.2) is 0 Å². The largest absolute Gasteiger partial charge is 0.340 e. The molecule has 1 aromatic carbocycles. The summed E-state index contributed by atoms with van der Waals surface area (Å²) in [4.78, 5) is 6.64. The van der Waals surface area contributed by atoms with Gasteiger partial charge >= 0.3 is 0 Å². The summed E-state index contributed by atoms with van der Waals surface area (Å²) in [6.45, 7) is 6.65. The Hall–Kier alpha value is -1.96. The number of rotatable bonds is 4. The fourth-order valence-electron chi connectivity index (χ4n) is 2.75. The van der Waals surface area contributed by atoms with E-state index < -0.39 is 10.0 Å². The van der Waals surface area contributed by atoms with Crippen LogP contribution in [0.1, 0.15) is 11.1 Å². The minimum atomic E-state index is -3.47. The van der Waals surface area contributed by atoms with E-state index in [1.165, 1.54) is 21.6 Å². The van der Waals surface area contributed by atoms with Crippen LogP contribution in [0.25, 0.3) is 0 Å². The lowest BCUT2D eigenvalue weighted by atomic mass is 10.1. The third-order valence-corrected chi connectivity index (χ3v) is 6.50. The number of pyridine rings is 1. The molecule has 1 saturated heterocycles. The van der Waals surface area contributed by atoms with Crippen LogP contribution in [0.5, 0.6) is 0 Å². The topological polar surface area (TPSA) is 65.5 Å². The SMILES string of the molecule is Cc1ccc(Nc2ccc(S(=O)(=O)N3CCN(C)CC3)cn2)cc1C. The van der Waals surface area contributed by atoms with Gasteiger partial charge in [-0.25, -0.2) is 13.4 Å². The molecule has 3 rings (SSSR count). The molecule has 0 atom stereocenters. The number of aromatic nitrogens is 1. The number of likely N-dealkylation sites (N-methyl/N-ethyl adjacent to an activating group) is 1. The van der Waals surface area contributed by atoms with E-state index in [1.54, 1.807) is 12.1 Å². The molecule has 1 aliphatic heterocycles. The Balaban J connectivity index is 1.74. The third-order valence-electron chi connectivity index (χ3n) is 4.62. The molecule has 7 heteroatoms. The minimum absolute atomic E-state index is 0.239. The van der Waals surface area contributed by atoms with Crippen LogP contribution in [-0.2, 0) is 10.0 Å². The summed E-state index contributed by atoms with van der Waals surface area (Å²) in [7, 11) is -1.47. The van der Waals surface area contributed by atoms with E-state index in [0.717, 1.165) is 18.8 Å². The Labute approximate surface area is 149 Å². The van der Waals surface area contributed by atoms with Crippen LogP contribution >= 0.6 is 0 Å². The molecule has 1 aliphatic rings. The number of aryl methyl sites for hydroxylation is 2. The Bertz CT molecular complexity index is 842. The molecule has 6 nitrogen and oxygen atoms in total. The normalized spacial score (nSPS) is 16.8. The van der Waals surface area contributed by atoms with Crippen LogP contribution < -0.4 is 5.32 Å². The van der Waals surface area contributed by atoms with Crippen molar-refractivity contribution in [3.8, 4) is 0 Å². The zero-order valence-electron chi connectivity index (χ0n) is 14.9. The van der Waals surface area contributed by atoms with Crippen LogP contribution in [0.2, 0.25) is 0 Å². The second-order valence-electron chi connectivity index (χ2n) is 6.51. The van der Waals surface area contributed by atoms with Crippen molar-refractivity contribution in [1.82, 2.24) is 14.2 Å². The van der Waals surface area contributed by atoms with E-state index in [0.29, 0.717) is 18.9 Å². The van der Waals surface area contributed by atoms with Gasteiger partial charge in [0.1, 0.15) is 10.7 Å². The van der Waals surface area contributed by atoms with Gasteiger partial charge in [-0.3, -0.25) is 0 Å². The van der Waals surface area contributed by atoms with Crippen LogP contribution in [0.4, 0.5) is 11.5 Å². The monoisotopic (exact) mass is 360 g/mol. The van der Waals surface area contributed by atoms with Crippen molar-refractivity contribution < 1.29 is 8.42 Å². The van der Waals surface area contributed by atoms with Gasteiger partial charge in [0.25, 0.3) is 0 Å². The summed E-state index contributed by atoms with van der Waals surface area (Å²) in [6.07, 6.45) is 1.43. The molecular weight excluding hydrogens is 336 g/mol. The first-order chi connectivity index (χ1) is 11.9. The molecule has 2 heterocycles. The number of benzene rings is 1. The fourth-order valence-corrected chi connectivity index (χ4v) is 4.12. The van der Waals surface area contributed by atoms with Crippen molar-refractivity contribution in [1.29, 1.82) is 0 Å². The van der Waals surface area contributed by atoms with Gasteiger partial charge in [-0.1, -0.05) is 6.07 Å². The number of hydrogen-bond donors (Lipinski definition) is 1. The first-order valence-electron chi connectivity index (χ1n) is 8.35. The Morgan fingerprint density at radius 3 is 2.32 bits per heavy atom. The number of nitrogens with one attached hydrogen (secondary N) is 1. The van der Waals surface area contributed by atoms with E-state index in [-0.39, 0.29) is 4.90 Å². The highest BCUT2D eigenvalue weighted by molar-refractivity contribution is 7.89. The fraction of sp³-hybridized carbons (Fsp3) is 0.389. The lowest BCUT2D eigenvalue weighted by molar-refractivity contribution is 0.222. The van der Waals surface area contributed by atoms with Crippen molar-refractivity contribution in [2.45, 2.75) is 18.7 Å². The maximum atomic E-state index is 12.7. The van der Waals surface area contributed by atoms with Gasteiger partial charge in [0.05, 0.1) is 0 Å². The zero-order chi connectivity index (χ0) is 18.0. The predicted octanol–water partition coefficient (Wildman–Crippen LogP) is 2.38. The molecule has 134 valence electrons. The Morgan fingerprint density at radius 1 is 1.00 bits per heavy atom. The first-order valence-corrected chi connectivity index (χ1v) is 9.79. The molecule has 0 aliphatic carbocycles. The van der Waals surface area contributed by atoms with Crippen molar-refractivity contribution >= 4 is 21.5 Å². The summed E-state index contributed by atoms with van der Waals surface area (Å²) >= 11 is 0. The van der Waals surface area contributed by atoms with E-state index in [9.17, 15) is 8.42 Å². The Morgan fingerprint density at radius 2 is 1.72 bits per heavy atom. The molecule has 2 aromatic rings. The molecule has 0 bridgehead atoms.